The van der Waals surface area contributed by atoms with Crippen LogP contribution in [-0.4, -0.2) is 11.2 Å². The molecule has 0 saturated heterocycles. The van der Waals surface area contributed by atoms with Gasteiger partial charge >= 0.3 is 0 Å². The van der Waals surface area contributed by atoms with E-state index in [1.165, 1.54) is 16.8 Å². The molecule has 1 aromatic heterocycles. The van der Waals surface area contributed by atoms with E-state index >= 15 is 0 Å². The largest absolute Gasteiger partial charge is 0.492 e. The van der Waals surface area contributed by atoms with Gasteiger partial charge in [-0.1, -0.05) is 24.3 Å². The fourth-order valence-corrected chi connectivity index (χ4v) is 3.60. The SMILES string of the molecule is Cc1cccc2c1OCC2Cc1ccc2n(c1=O)CCC2. The first-order chi connectivity index (χ1) is 10.2. The zero-order valence-corrected chi connectivity index (χ0v) is 12.3. The van der Waals surface area contributed by atoms with Crippen molar-refractivity contribution in [3.8, 4) is 5.75 Å². The first-order valence-electron chi connectivity index (χ1n) is 7.68. The van der Waals surface area contributed by atoms with Crippen molar-refractivity contribution in [2.45, 2.75) is 38.6 Å². The maximum absolute atomic E-state index is 12.5. The summed E-state index contributed by atoms with van der Waals surface area (Å²) in [6, 6.07) is 10.4. The Morgan fingerprint density at radius 1 is 1.29 bits per heavy atom. The lowest BCUT2D eigenvalue weighted by atomic mass is 9.93. The number of rotatable bonds is 2. The molecular weight excluding hydrogens is 262 g/mol. The summed E-state index contributed by atoms with van der Waals surface area (Å²) in [7, 11) is 0. The zero-order chi connectivity index (χ0) is 14.4. The van der Waals surface area contributed by atoms with E-state index in [0.29, 0.717) is 12.5 Å². The molecule has 0 bridgehead atoms. The quantitative estimate of drug-likeness (QED) is 0.847. The normalized spacial score (nSPS) is 19.2. The predicted molar refractivity (Wildman–Crippen MR) is 82.1 cm³/mol. The molecule has 0 aliphatic carbocycles. The highest BCUT2D eigenvalue weighted by Gasteiger charge is 2.26. The van der Waals surface area contributed by atoms with Crippen molar-refractivity contribution in [1.82, 2.24) is 4.57 Å². The topological polar surface area (TPSA) is 31.2 Å². The summed E-state index contributed by atoms with van der Waals surface area (Å²) in [6.45, 7) is 3.63. The van der Waals surface area contributed by atoms with Crippen LogP contribution in [0.15, 0.2) is 35.1 Å². The van der Waals surface area contributed by atoms with Crippen molar-refractivity contribution < 1.29 is 4.74 Å². The third-order valence-corrected chi connectivity index (χ3v) is 4.74. The first-order valence-corrected chi connectivity index (χ1v) is 7.68. The average Bonchev–Trinajstić information content (AvgIpc) is 3.10. The molecule has 21 heavy (non-hydrogen) atoms. The zero-order valence-electron chi connectivity index (χ0n) is 12.3. The molecule has 3 nitrogen and oxygen atoms in total. The Bertz CT molecular complexity index is 760. The van der Waals surface area contributed by atoms with Crippen molar-refractivity contribution in [3.05, 3.63) is 63.1 Å². The van der Waals surface area contributed by atoms with Crippen LogP contribution in [0.3, 0.4) is 0 Å². The van der Waals surface area contributed by atoms with E-state index in [-0.39, 0.29) is 5.56 Å². The van der Waals surface area contributed by atoms with Gasteiger partial charge in [0.05, 0.1) is 6.61 Å². The lowest BCUT2D eigenvalue weighted by Gasteiger charge is -2.11. The van der Waals surface area contributed by atoms with E-state index < -0.39 is 0 Å². The van der Waals surface area contributed by atoms with Crippen molar-refractivity contribution in [2.75, 3.05) is 6.61 Å². The number of ether oxygens (including phenoxy) is 1. The molecule has 2 aliphatic heterocycles. The predicted octanol–water partition coefficient (Wildman–Crippen LogP) is 2.82. The van der Waals surface area contributed by atoms with E-state index in [9.17, 15) is 4.79 Å². The third kappa shape index (κ3) is 1.99. The Morgan fingerprint density at radius 2 is 2.19 bits per heavy atom. The Balaban J connectivity index is 1.67. The highest BCUT2D eigenvalue weighted by Crippen LogP contribution is 2.37. The van der Waals surface area contributed by atoms with Crippen LogP contribution in [0.2, 0.25) is 0 Å². The summed E-state index contributed by atoms with van der Waals surface area (Å²) in [5.41, 5.74) is 4.73. The number of nitrogens with zero attached hydrogens (tertiary/aromatic N) is 1. The molecule has 2 aromatic rings. The molecule has 0 radical (unpaired) electrons. The molecule has 0 saturated carbocycles. The number of aryl methyl sites for hydroxylation is 2. The smallest absolute Gasteiger partial charge is 0.253 e. The van der Waals surface area contributed by atoms with Gasteiger partial charge < -0.3 is 9.30 Å². The van der Waals surface area contributed by atoms with Crippen LogP contribution >= 0.6 is 0 Å². The van der Waals surface area contributed by atoms with Crippen LogP contribution in [-0.2, 0) is 19.4 Å². The van der Waals surface area contributed by atoms with Gasteiger partial charge in [-0.15, -0.1) is 0 Å². The first kappa shape index (κ1) is 12.7. The Morgan fingerprint density at radius 3 is 3.10 bits per heavy atom. The highest BCUT2D eigenvalue weighted by molar-refractivity contribution is 5.46. The summed E-state index contributed by atoms with van der Waals surface area (Å²) in [6.07, 6.45) is 2.90. The maximum atomic E-state index is 12.5. The molecule has 0 N–H and O–H groups in total. The molecule has 0 amide bonds. The summed E-state index contributed by atoms with van der Waals surface area (Å²) >= 11 is 0. The van der Waals surface area contributed by atoms with Crippen LogP contribution < -0.4 is 10.3 Å². The van der Waals surface area contributed by atoms with Gasteiger partial charge in [-0.05, 0) is 37.8 Å². The monoisotopic (exact) mass is 281 g/mol. The Labute approximate surface area is 124 Å². The second-order valence-electron chi connectivity index (χ2n) is 6.12. The molecule has 1 aromatic carbocycles. The minimum atomic E-state index is 0.200. The molecule has 0 fully saturated rings. The number of hydrogen-bond acceptors (Lipinski definition) is 2. The number of pyridine rings is 1. The lowest BCUT2D eigenvalue weighted by Crippen LogP contribution is -2.24. The van der Waals surface area contributed by atoms with E-state index in [4.69, 9.17) is 4.74 Å². The number of hydrogen-bond donors (Lipinski definition) is 0. The third-order valence-electron chi connectivity index (χ3n) is 4.74. The number of benzene rings is 1. The van der Waals surface area contributed by atoms with Crippen LogP contribution in [0.1, 0.15) is 34.7 Å². The molecule has 3 heterocycles. The van der Waals surface area contributed by atoms with Crippen molar-refractivity contribution in [1.29, 1.82) is 0 Å². The molecule has 4 rings (SSSR count). The van der Waals surface area contributed by atoms with Gasteiger partial charge in [-0.2, -0.15) is 0 Å². The summed E-state index contributed by atoms with van der Waals surface area (Å²) in [5.74, 6) is 1.32. The lowest BCUT2D eigenvalue weighted by molar-refractivity contribution is 0.328. The van der Waals surface area contributed by atoms with Crippen LogP contribution in [0.4, 0.5) is 0 Å². The molecule has 2 aliphatic rings. The molecule has 1 atom stereocenters. The maximum Gasteiger partial charge on any atom is 0.253 e. The number of fused-ring (bicyclic) bond motifs is 2. The van der Waals surface area contributed by atoms with E-state index in [0.717, 1.165) is 37.1 Å². The fourth-order valence-electron chi connectivity index (χ4n) is 3.60. The van der Waals surface area contributed by atoms with E-state index in [1.54, 1.807) is 0 Å². The van der Waals surface area contributed by atoms with Crippen molar-refractivity contribution >= 4 is 0 Å². The number of para-hydroxylation sites is 1. The highest BCUT2D eigenvalue weighted by atomic mass is 16.5. The van der Waals surface area contributed by atoms with Crippen LogP contribution in [0.5, 0.6) is 5.75 Å². The van der Waals surface area contributed by atoms with Crippen molar-refractivity contribution in [2.24, 2.45) is 0 Å². The van der Waals surface area contributed by atoms with Gasteiger partial charge in [0.25, 0.3) is 5.56 Å². The van der Waals surface area contributed by atoms with Gasteiger partial charge in [-0.25, -0.2) is 0 Å². The molecule has 3 heteroatoms. The Hall–Kier alpha value is -2.03. The fraction of sp³-hybridized carbons (Fsp3) is 0.389. The second-order valence-corrected chi connectivity index (χ2v) is 6.12. The molecular formula is C18H19NO2. The van der Waals surface area contributed by atoms with Gasteiger partial charge in [-0.3, -0.25) is 4.79 Å². The summed E-state index contributed by atoms with van der Waals surface area (Å²) < 4.78 is 7.78. The summed E-state index contributed by atoms with van der Waals surface area (Å²) in [4.78, 5) is 12.5. The van der Waals surface area contributed by atoms with E-state index in [2.05, 4.69) is 31.2 Å². The average molecular weight is 281 g/mol. The van der Waals surface area contributed by atoms with Gasteiger partial charge in [0.2, 0.25) is 0 Å². The summed E-state index contributed by atoms with van der Waals surface area (Å²) in [5, 5.41) is 0. The molecule has 108 valence electrons. The van der Waals surface area contributed by atoms with Crippen LogP contribution in [0, 0.1) is 6.92 Å². The second kappa shape index (κ2) is 4.76. The van der Waals surface area contributed by atoms with Gasteiger partial charge in [0.1, 0.15) is 5.75 Å². The minimum absolute atomic E-state index is 0.200. The van der Waals surface area contributed by atoms with Crippen LogP contribution in [0.25, 0.3) is 0 Å². The minimum Gasteiger partial charge on any atom is -0.492 e. The number of aromatic nitrogens is 1. The molecule has 1 unspecified atom stereocenters. The Kier molecular flexibility index (Phi) is 2.88. The standard InChI is InChI=1S/C18H19NO2/c1-12-4-2-6-16-14(11-21-17(12)16)10-13-7-8-15-5-3-9-19(15)18(13)20/h2,4,6-8,14H,3,5,9-11H2,1H3. The van der Waals surface area contributed by atoms with Gasteiger partial charge in [0.15, 0.2) is 0 Å². The van der Waals surface area contributed by atoms with E-state index in [1.807, 2.05) is 10.6 Å². The van der Waals surface area contributed by atoms with Gasteiger partial charge in [0, 0.05) is 29.3 Å². The van der Waals surface area contributed by atoms with Crippen molar-refractivity contribution in [3.63, 3.8) is 0 Å². The molecule has 0 spiro atoms.